The number of Topliss-reactive ketones (excluding diaryl/α,β-unsaturated/α-hetero) is 1. The van der Waals surface area contributed by atoms with Gasteiger partial charge in [-0.3, -0.25) is 19.4 Å². The number of benzene rings is 4. The number of ether oxygens (including phenoxy) is 2. The van der Waals surface area contributed by atoms with E-state index < -0.39 is 0 Å². The van der Waals surface area contributed by atoms with E-state index >= 15 is 0 Å². The minimum absolute atomic E-state index is 0.0135. The predicted octanol–water partition coefficient (Wildman–Crippen LogP) is 8.54. The first kappa shape index (κ1) is 36.8. The third-order valence-electron chi connectivity index (χ3n) is 9.52. The van der Waals surface area contributed by atoms with Gasteiger partial charge in [0.1, 0.15) is 0 Å². The second-order valence-corrected chi connectivity index (χ2v) is 13.5. The van der Waals surface area contributed by atoms with Gasteiger partial charge in [0.15, 0.2) is 17.3 Å². The van der Waals surface area contributed by atoms with Gasteiger partial charge >= 0.3 is 0 Å². The van der Waals surface area contributed by atoms with Crippen molar-refractivity contribution in [3.8, 4) is 22.6 Å². The summed E-state index contributed by atoms with van der Waals surface area (Å²) >= 11 is 0. The lowest BCUT2D eigenvalue weighted by molar-refractivity contribution is -0.114. The van der Waals surface area contributed by atoms with E-state index in [1.807, 2.05) is 53.6 Å². The van der Waals surface area contributed by atoms with Crippen LogP contribution in [-0.4, -0.2) is 53.0 Å². The Morgan fingerprint density at radius 3 is 2.30 bits per heavy atom. The van der Waals surface area contributed by atoms with Crippen molar-refractivity contribution in [1.29, 1.82) is 0 Å². The summed E-state index contributed by atoms with van der Waals surface area (Å²) in [5.74, 6) is 1.07. The first-order valence-electron chi connectivity index (χ1n) is 18.0. The maximum atomic E-state index is 13.3. The van der Waals surface area contributed by atoms with E-state index in [1.54, 1.807) is 37.1 Å². The van der Waals surface area contributed by atoms with E-state index in [0.29, 0.717) is 53.7 Å². The van der Waals surface area contributed by atoms with Gasteiger partial charge in [-0.05, 0) is 59.7 Å². The lowest BCUT2D eigenvalue weighted by atomic mass is 9.94. The highest BCUT2D eigenvalue weighted by atomic mass is 16.5. The van der Waals surface area contributed by atoms with Gasteiger partial charge in [0.2, 0.25) is 5.91 Å². The van der Waals surface area contributed by atoms with Crippen LogP contribution in [0.25, 0.3) is 11.1 Å². The van der Waals surface area contributed by atoms with Crippen molar-refractivity contribution < 1.29 is 23.9 Å². The number of ketones is 1. The number of hydrogen-bond acceptors (Lipinski definition) is 6. The normalized spacial score (nSPS) is 14.2. The van der Waals surface area contributed by atoms with E-state index in [2.05, 4.69) is 60.6 Å². The lowest BCUT2D eigenvalue weighted by Gasteiger charge is -2.34. The van der Waals surface area contributed by atoms with Crippen molar-refractivity contribution in [2.75, 3.05) is 19.0 Å². The number of aryl methyl sites for hydroxylation is 2. The number of anilines is 1. The average molecular weight is 711 g/mol. The van der Waals surface area contributed by atoms with Crippen LogP contribution < -0.4 is 14.8 Å². The predicted molar refractivity (Wildman–Crippen MR) is 210 cm³/mol. The Morgan fingerprint density at radius 1 is 0.925 bits per heavy atom. The minimum Gasteiger partial charge on any atom is -0.493 e. The largest absolute Gasteiger partial charge is 0.493 e. The number of carbonyl (C=O) groups is 3. The van der Waals surface area contributed by atoms with Crippen LogP contribution in [0.4, 0.5) is 11.4 Å². The summed E-state index contributed by atoms with van der Waals surface area (Å²) < 4.78 is 13.1. The fraction of sp³-hybridized carbons (Fsp3) is 0.273. The molecule has 0 saturated carbocycles. The maximum Gasteiger partial charge on any atom is 0.257 e. The van der Waals surface area contributed by atoms with Crippen molar-refractivity contribution in [1.82, 2.24) is 9.47 Å². The van der Waals surface area contributed by atoms with E-state index in [4.69, 9.17) is 9.47 Å². The Bertz CT molecular complexity index is 2130. The quantitative estimate of drug-likeness (QED) is 0.116. The van der Waals surface area contributed by atoms with Crippen molar-refractivity contribution in [3.05, 3.63) is 131 Å². The number of aromatic nitrogens is 1. The molecule has 0 spiro atoms. The third kappa shape index (κ3) is 8.75. The summed E-state index contributed by atoms with van der Waals surface area (Å²) in [6, 6.07) is 30.0. The van der Waals surface area contributed by atoms with Crippen LogP contribution in [0.2, 0.25) is 0 Å². The van der Waals surface area contributed by atoms with Crippen molar-refractivity contribution >= 4 is 35.2 Å². The molecule has 9 nitrogen and oxygen atoms in total. The van der Waals surface area contributed by atoms with E-state index in [0.717, 1.165) is 36.0 Å². The topological polar surface area (TPSA) is 102 Å². The zero-order valence-corrected chi connectivity index (χ0v) is 31.0. The first-order chi connectivity index (χ1) is 25.6. The molecule has 3 heterocycles. The molecule has 0 saturated heterocycles. The lowest BCUT2D eigenvalue weighted by Crippen LogP contribution is -2.44. The van der Waals surface area contributed by atoms with Gasteiger partial charge in [-0.15, -0.1) is 0 Å². The number of aliphatic imine (C=N–C) groups is 1. The summed E-state index contributed by atoms with van der Waals surface area (Å²) in [7, 11) is 3.40. The van der Waals surface area contributed by atoms with Gasteiger partial charge in [0, 0.05) is 45.4 Å². The zero-order valence-electron chi connectivity index (χ0n) is 31.0. The van der Waals surface area contributed by atoms with E-state index in [-0.39, 0.29) is 23.6 Å². The summed E-state index contributed by atoms with van der Waals surface area (Å²) in [4.78, 5) is 43.6. The van der Waals surface area contributed by atoms with Gasteiger partial charge in [0.05, 0.1) is 42.4 Å². The molecule has 1 aromatic heterocycles. The molecule has 1 N–H and O–H groups in total. The molecule has 1 atom stereocenters. The van der Waals surface area contributed by atoms with Crippen LogP contribution in [0.5, 0.6) is 11.5 Å². The molecule has 2 aliphatic heterocycles. The van der Waals surface area contributed by atoms with Crippen LogP contribution in [0.1, 0.15) is 69.8 Å². The Kier molecular flexibility index (Phi) is 11.5. The summed E-state index contributed by atoms with van der Waals surface area (Å²) in [6.45, 7) is 6.86. The summed E-state index contributed by atoms with van der Waals surface area (Å²) in [5, 5.41) is 2.70. The van der Waals surface area contributed by atoms with Crippen LogP contribution in [0, 0.1) is 6.92 Å². The number of fused-ring (bicyclic) bond motifs is 3. The van der Waals surface area contributed by atoms with Crippen LogP contribution in [0.15, 0.2) is 102 Å². The highest BCUT2D eigenvalue weighted by molar-refractivity contribution is 6.03. The highest BCUT2D eigenvalue weighted by Gasteiger charge is 2.33. The van der Waals surface area contributed by atoms with Crippen LogP contribution in [-0.2, 0) is 31.2 Å². The van der Waals surface area contributed by atoms with E-state index in [1.165, 1.54) is 23.6 Å². The molecule has 9 heteroatoms. The van der Waals surface area contributed by atoms with Gasteiger partial charge in [0.25, 0.3) is 5.91 Å². The fourth-order valence-corrected chi connectivity index (χ4v) is 6.60. The number of unbranched alkanes of at least 4 members (excludes halogenated alkanes) is 1. The SMILES string of the molecule is CC(=O)Nc1cc(C(=O)Cc2ccc(-c3ccc(C)cc3)cc2)n(C)c1.CCCCOc1cc2c(cc1OC)C(=O)N1Cc3ccccc3C[C@H]1C=N2. The molecular formula is C44H46N4O5. The standard InChI is InChI=1S/C22H24N2O3.C22H22N2O2/c1-3-4-9-27-21-12-19-18(11-20(21)26-2)22(25)24-14-16-8-6-5-7-15(16)10-17(24)13-23-19;1-15-4-8-18(9-5-15)19-10-6-17(7-11-19)12-22(26)21-13-20(14-24(21)3)23-16(2)25/h5-8,11-13,17H,3-4,9-10,14H2,1-2H3;4-11,13-14H,12H2,1-3H3,(H,23,25)/t17-;/m0./s1. The van der Waals surface area contributed by atoms with Crippen molar-refractivity contribution in [3.63, 3.8) is 0 Å². The molecular weight excluding hydrogens is 665 g/mol. The molecule has 0 unspecified atom stereocenters. The second kappa shape index (κ2) is 16.6. The molecule has 4 aromatic carbocycles. The Balaban J connectivity index is 0.000000182. The molecule has 0 bridgehead atoms. The summed E-state index contributed by atoms with van der Waals surface area (Å²) in [5.41, 5.74) is 9.40. The molecule has 5 aromatic rings. The molecule has 0 fully saturated rings. The van der Waals surface area contributed by atoms with Gasteiger partial charge in [-0.2, -0.15) is 0 Å². The second-order valence-electron chi connectivity index (χ2n) is 13.5. The van der Waals surface area contributed by atoms with E-state index in [9.17, 15) is 14.4 Å². The average Bonchev–Trinajstić information content (AvgIpc) is 3.47. The monoisotopic (exact) mass is 710 g/mol. The minimum atomic E-state index is -0.152. The zero-order chi connectivity index (χ0) is 37.5. The number of amides is 2. The number of nitrogens with zero attached hydrogens (tertiary/aromatic N) is 3. The number of hydrogen-bond donors (Lipinski definition) is 1. The highest BCUT2D eigenvalue weighted by Crippen LogP contribution is 2.38. The molecule has 0 aliphatic carbocycles. The molecule has 2 aliphatic rings. The van der Waals surface area contributed by atoms with Crippen LogP contribution in [0.3, 0.4) is 0 Å². The Hall–Kier alpha value is -5.96. The number of nitrogens with one attached hydrogen (secondary N) is 1. The molecule has 7 rings (SSSR count). The van der Waals surface area contributed by atoms with Crippen LogP contribution >= 0.6 is 0 Å². The number of rotatable bonds is 10. The van der Waals surface area contributed by atoms with Gasteiger partial charge in [-0.1, -0.05) is 91.7 Å². The van der Waals surface area contributed by atoms with Gasteiger partial charge in [-0.25, -0.2) is 0 Å². The molecule has 0 radical (unpaired) electrons. The fourth-order valence-electron chi connectivity index (χ4n) is 6.60. The van der Waals surface area contributed by atoms with Gasteiger partial charge < -0.3 is 24.3 Å². The number of methoxy groups -OCH3 is 1. The maximum absolute atomic E-state index is 13.3. The first-order valence-corrected chi connectivity index (χ1v) is 18.0. The smallest absolute Gasteiger partial charge is 0.257 e. The molecule has 2 amide bonds. The summed E-state index contributed by atoms with van der Waals surface area (Å²) in [6.07, 6.45) is 6.77. The van der Waals surface area contributed by atoms with Crippen molar-refractivity contribution in [2.45, 2.75) is 59.0 Å². The molecule has 53 heavy (non-hydrogen) atoms. The Morgan fingerprint density at radius 2 is 1.62 bits per heavy atom. The number of carbonyl (C=O) groups excluding carboxylic acids is 3. The Labute approximate surface area is 311 Å². The van der Waals surface area contributed by atoms with Crippen molar-refractivity contribution in [2.24, 2.45) is 12.0 Å². The third-order valence-corrected chi connectivity index (χ3v) is 9.52. The molecule has 272 valence electrons.